The van der Waals surface area contributed by atoms with Gasteiger partial charge in [0.2, 0.25) is 0 Å². The van der Waals surface area contributed by atoms with Crippen LogP contribution >= 0.6 is 0 Å². The van der Waals surface area contributed by atoms with Crippen molar-refractivity contribution in [2.75, 3.05) is 0 Å². The summed E-state index contributed by atoms with van der Waals surface area (Å²) in [5.41, 5.74) is 0.396. The zero-order valence-corrected chi connectivity index (χ0v) is 10.6. The van der Waals surface area contributed by atoms with Crippen LogP contribution in [0.15, 0.2) is 4.42 Å². The molecule has 0 fully saturated rings. The maximum Gasteiger partial charge on any atom is 0.273 e. The molecule has 1 heterocycles. The average molecular weight is 224 g/mol. The molecule has 1 aromatic heterocycles. The van der Waals surface area contributed by atoms with E-state index < -0.39 is 0 Å². The van der Waals surface area contributed by atoms with Crippen molar-refractivity contribution in [3.8, 4) is 0 Å². The largest absolute Gasteiger partial charge is 0.445 e. The summed E-state index contributed by atoms with van der Waals surface area (Å²) in [6.45, 7) is 9.76. The van der Waals surface area contributed by atoms with Gasteiger partial charge in [-0.25, -0.2) is 4.98 Å². The first-order valence-electron chi connectivity index (χ1n) is 5.65. The number of amides is 1. The molecule has 1 N–H and O–H groups in total. The number of carbonyl (C=O) groups is 1. The number of nitrogens with one attached hydrogen (secondary N) is 1. The molecule has 0 radical (unpaired) electrons. The molecule has 0 aliphatic heterocycles. The lowest BCUT2D eigenvalue weighted by Gasteiger charge is -2.14. The van der Waals surface area contributed by atoms with Crippen LogP contribution in [-0.2, 0) is 0 Å². The highest BCUT2D eigenvalue weighted by molar-refractivity contribution is 5.93. The van der Waals surface area contributed by atoms with Crippen molar-refractivity contribution in [1.82, 2.24) is 10.3 Å². The number of hydrogen-bond donors (Lipinski definition) is 1. The number of aromatic nitrogens is 1. The first-order chi connectivity index (χ1) is 7.40. The van der Waals surface area contributed by atoms with Gasteiger partial charge in [-0.3, -0.25) is 4.79 Å². The van der Waals surface area contributed by atoms with Crippen LogP contribution in [-0.4, -0.2) is 16.9 Å². The van der Waals surface area contributed by atoms with Gasteiger partial charge in [0.25, 0.3) is 5.91 Å². The van der Waals surface area contributed by atoms with E-state index in [0.29, 0.717) is 23.3 Å². The maximum absolute atomic E-state index is 11.8. The first kappa shape index (κ1) is 12.7. The molecular weight excluding hydrogens is 204 g/mol. The Kier molecular flexibility index (Phi) is 4.10. The summed E-state index contributed by atoms with van der Waals surface area (Å²) in [5, 5.41) is 2.92. The summed E-state index contributed by atoms with van der Waals surface area (Å²) in [7, 11) is 0. The Labute approximate surface area is 96.4 Å². The summed E-state index contributed by atoms with van der Waals surface area (Å²) >= 11 is 0. The quantitative estimate of drug-likeness (QED) is 0.854. The van der Waals surface area contributed by atoms with E-state index in [1.807, 2.05) is 6.92 Å². The summed E-state index contributed by atoms with van der Waals surface area (Å²) < 4.78 is 5.23. The van der Waals surface area contributed by atoms with E-state index in [2.05, 4.69) is 24.1 Å². The van der Waals surface area contributed by atoms with Gasteiger partial charge >= 0.3 is 0 Å². The third-order valence-corrected chi connectivity index (χ3v) is 2.32. The minimum absolute atomic E-state index is 0.150. The van der Waals surface area contributed by atoms with Crippen LogP contribution in [0.5, 0.6) is 0 Å². The summed E-state index contributed by atoms with van der Waals surface area (Å²) in [4.78, 5) is 15.9. The van der Waals surface area contributed by atoms with Crippen LogP contribution < -0.4 is 5.32 Å². The van der Waals surface area contributed by atoms with Crippen LogP contribution in [0.1, 0.15) is 49.3 Å². The molecular formula is C12H20N2O2. The Morgan fingerprint density at radius 1 is 1.38 bits per heavy atom. The van der Waals surface area contributed by atoms with Gasteiger partial charge in [0.05, 0.1) is 0 Å². The Hall–Kier alpha value is -1.32. The van der Waals surface area contributed by atoms with Crippen molar-refractivity contribution >= 4 is 5.91 Å². The number of hydrogen-bond acceptors (Lipinski definition) is 3. The highest BCUT2D eigenvalue weighted by Gasteiger charge is 2.17. The molecule has 1 unspecified atom stereocenters. The van der Waals surface area contributed by atoms with Crippen LogP contribution in [0.3, 0.4) is 0 Å². The first-order valence-corrected chi connectivity index (χ1v) is 5.65. The van der Waals surface area contributed by atoms with E-state index >= 15 is 0 Å². The molecule has 0 aromatic carbocycles. The van der Waals surface area contributed by atoms with E-state index in [9.17, 15) is 4.79 Å². The number of aryl methyl sites for hydroxylation is 2. The molecule has 16 heavy (non-hydrogen) atoms. The zero-order valence-electron chi connectivity index (χ0n) is 10.6. The molecule has 0 spiro atoms. The molecule has 90 valence electrons. The van der Waals surface area contributed by atoms with Gasteiger partial charge in [-0.15, -0.1) is 0 Å². The van der Waals surface area contributed by atoms with Gasteiger partial charge in [0.15, 0.2) is 11.6 Å². The molecule has 0 aliphatic rings. The monoisotopic (exact) mass is 224 g/mol. The van der Waals surface area contributed by atoms with Gasteiger partial charge < -0.3 is 9.73 Å². The fraction of sp³-hybridized carbons (Fsp3) is 0.667. The number of nitrogens with zero attached hydrogens (tertiary/aromatic N) is 1. The lowest BCUT2D eigenvalue weighted by Crippen LogP contribution is -2.34. The molecule has 0 bridgehead atoms. The lowest BCUT2D eigenvalue weighted by molar-refractivity contribution is 0.0930. The molecule has 1 amide bonds. The SMILES string of the molecule is Cc1nc(C(=O)NC(C)CC(C)C)c(C)o1. The van der Waals surface area contributed by atoms with Crippen LogP contribution in [0.4, 0.5) is 0 Å². The third-order valence-electron chi connectivity index (χ3n) is 2.32. The number of oxazole rings is 1. The Balaban J connectivity index is 2.62. The Bertz CT molecular complexity index is 369. The van der Waals surface area contributed by atoms with E-state index in [1.165, 1.54) is 0 Å². The summed E-state index contributed by atoms with van der Waals surface area (Å²) in [6, 6.07) is 0.156. The van der Waals surface area contributed by atoms with Gasteiger partial charge in [-0.05, 0) is 26.2 Å². The van der Waals surface area contributed by atoms with Crippen molar-refractivity contribution in [1.29, 1.82) is 0 Å². The van der Waals surface area contributed by atoms with Gasteiger partial charge in [0, 0.05) is 13.0 Å². The van der Waals surface area contributed by atoms with Crippen LogP contribution in [0, 0.1) is 19.8 Å². The second-order valence-electron chi connectivity index (χ2n) is 4.64. The highest BCUT2D eigenvalue weighted by Crippen LogP contribution is 2.10. The summed E-state index contributed by atoms with van der Waals surface area (Å²) in [5.74, 6) is 1.52. The molecule has 0 saturated carbocycles. The van der Waals surface area contributed by atoms with Gasteiger partial charge in [-0.1, -0.05) is 13.8 Å². The van der Waals surface area contributed by atoms with E-state index in [1.54, 1.807) is 13.8 Å². The summed E-state index contributed by atoms with van der Waals surface area (Å²) in [6.07, 6.45) is 0.960. The zero-order chi connectivity index (χ0) is 12.3. The second kappa shape index (κ2) is 5.14. The van der Waals surface area contributed by atoms with Crippen LogP contribution in [0.25, 0.3) is 0 Å². The fourth-order valence-electron chi connectivity index (χ4n) is 1.80. The molecule has 0 saturated heterocycles. The predicted molar refractivity (Wildman–Crippen MR) is 62.4 cm³/mol. The molecule has 0 aliphatic carbocycles. The van der Waals surface area contributed by atoms with Gasteiger partial charge in [-0.2, -0.15) is 0 Å². The molecule has 1 aromatic rings. The minimum atomic E-state index is -0.150. The second-order valence-corrected chi connectivity index (χ2v) is 4.64. The average Bonchev–Trinajstić information content (AvgIpc) is 2.43. The predicted octanol–water partition coefficient (Wildman–Crippen LogP) is 2.46. The van der Waals surface area contributed by atoms with E-state index in [0.717, 1.165) is 6.42 Å². The fourth-order valence-corrected chi connectivity index (χ4v) is 1.80. The van der Waals surface area contributed by atoms with E-state index in [4.69, 9.17) is 4.42 Å². The van der Waals surface area contributed by atoms with Crippen molar-refractivity contribution in [2.45, 2.75) is 47.1 Å². The van der Waals surface area contributed by atoms with Crippen LogP contribution in [0.2, 0.25) is 0 Å². The highest BCUT2D eigenvalue weighted by atomic mass is 16.4. The molecule has 1 atom stereocenters. The number of carbonyl (C=O) groups excluding carboxylic acids is 1. The molecule has 1 rings (SSSR count). The third kappa shape index (κ3) is 3.36. The minimum Gasteiger partial charge on any atom is -0.445 e. The Morgan fingerprint density at radius 2 is 2.00 bits per heavy atom. The molecule has 4 heteroatoms. The Morgan fingerprint density at radius 3 is 2.44 bits per heavy atom. The smallest absolute Gasteiger partial charge is 0.273 e. The number of rotatable bonds is 4. The van der Waals surface area contributed by atoms with Crippen molar-refractivity contribution in [3.63, 3.8) is 0 Å². The molecule has 4 nitrogen and oxygen atoms in total. The van der Waals surface area contributed by atoms with Crippen molar-refractivity contribution in [3.05, 3.63) is 17.3 Å². The van der Waals surface area contributed by atoms with Crippen molar-refractivity contribution < 1.29 is 9.21 Å². The maximum atomic E-state index is 11.8. The normalized spacial score (nSPS) is 12.9. The van der Waals surface area contributed by atoms with Crippen molar-refractivity contribution in [2.24, 2.45) is 5.92 Å². The lowest BCUT2D eigenvalue weighted by atomic mass is 10.1. The topological polar surface area (TPSA) is 55.1 Å². The van der Waals surface area contributed by atoms with Gasteiger partial charge in [0.1, 0.15) is 5.76 Å². The van der Waals surface area contributed by atoms with E-state index in [-0.39, 0.29) is 11.9 Å². The standard InChI is InChI=1S/C12H20N2O2/c1-7(2)6-8(3)13-12(15)11-9(4)16-10(5)14-11/h7-8H,6H2,1-5H3,(H,13,15).